The van der Waals surface area contributed by atoms with E-state index in [4.69, 9.17) is 9.73 Å². The molecule has 240 valence electrons. The van der Waals surface area contributed by atoms with E-state index in [1.54, 1.807) is 14.0 Å². The SMILES string of the molecule is C=C1CC(C)=c2nc(NCc3ccc(S(C)(=O)=O)cn3)c(=O)n([C@@H](C)C(F)(F)F)c2=NC1c1c(CCOC)ncnc1C1CC1. The van der Waals surface area contributed by atoms with Gasteiger partial charge in [0.1, 0.15) is 23.8 Å². The molecule has 0 saturated heterocycles. The summed E-state index contributed by atoms with van der Waals surface area (Å²) in [5.74, 6) is -0.138. The molecule has 3 aromatic heterocycles. The minimum absolute atomic E-state index is 0.0106. The number of hydrogen-bond acceptors (Lipinski definition) is 10. The topological polar surface area (TPSA) is 141 Å². The Labute approximate surface area is 258 Å². The number of hydrogen-bond donors (Lipinski definition) is 1. The summed E-state index contributed by atoms with van der Waals surface area (Å²) in [6.45, 7) is 7.18. The number of rotatable bonds is 10. The molecule has 2 atom stereocenters. The van der Waals surface area contributed by atoms with Crippen LogP contribution in [0.5, 0.6) is 0 Å². The van der Waals surface area contributed by atoms with Gasteiger partial charge in [0.25, 0.3) is 5.56 Å². The maximum Gasteiger partial charge on any atom is 0.409 e. The maximum absolute atomic E-state index is 14.3. The molecule has 15 heteroatoms. The summed E-state index contributed by atoms with van der Waals surface area (Å²) in [5, 5.41) is 2.95. The van der Waals surface area contributed by atoms with Gasteiger partial charge in [-0.2, -0.15) is 13.2 Å². The van der Waals surface area contributed by atoms with Gasteiger partial charge in [0, 0.05) is 37.5 Å². The largest absolute Gasteiger partial charge is 0.409 e. The minimum Gasteiger partial charge on any atom is -0.384 e. The molecule has 3 aromatic rings. The first kappa shape index (κ1) is 32.4. The van der Waals surface area contributed by atoms with Crippen LogP contribution < -0.4 is 21.7 Å². The molecule has 0 aromatic carbocycles. The van der Waals surface area contributed by atoms with E-state index in [2.05, 4.69) is 31.8 Å². The minimum atomic E-state index is -4.78. The third kappa shape index (κ3) is 6.83. The molecule has 1 unspecified atom stereocenters. The zero-order valence-electron chi connectivity index (χ0n) is 25.3. The molecule has 5 rings (SSSR count). The number of ether oxygens (including phenoxy) is 1. The molecule has 4 heterocycles. The molecule has 0 radical (unpaired) electrons. The Kier molecular flexibility index (Phi) is 8.95. The molecule has 1 aliphatic heterocycles. The van der Waals surface area contributed by atoms with Crippen molar-refractivity contribution in [3.63, 3.8) is 0 Å². The molecule has 1 N–H and O–H groups in total. The average Bonchev–Trinajstić information content (AvgIpc) is 3.83. The first-order valence-electron chi connectivity index (χ1n) is 14.4. The Morgan fingerprint density at radius 3 is 2.53 bits per heavy atom. The van der Waals surface area contributed by atoms with E-state index in [0.29, 0.717) is 45.7 Å². The Morgan fingerprint density at radius 1 is 1.20 bits per heavy atom. The highest BCUT2D eigenvalue weighted by molar-refractivity contribution is 7.90. The van der Waals surface area contributed by atoms with Gasteiger partial charge in [-0.1, -0.05) is 6.58 Å². The van der Waals surface area contributed by atoms with Crippen LogP contribution in [0.4, 0.5) is 19.0 Å². The Balaban J connectivity index is 1.69. The lowest BCUT2D eigenvalue weighted by Crippen LogP contribution is -2.51. The van der Waals surface area contributed by atoms with Crippen LogP contribution in [0, 0.1) is 0 Å². The standard InChI is InChI=1S/C30H34F3N7O4S/c1-16-12-17(2)25-28(39-24(16)23-22(10-11-44-4)36-15-37-26(23)19-6-7-19)40(18(3)30(31,32)33)29(41)27(38-25)35-13-20-8-9-21(14-34-20)45(5,42)43/h8-9,14-15,18-19,24H,1,6-7,10-13H2,2-5H3,(H,35,38)/t18-,24?/m0/s1. The van der Waals surface area contributed by atoms with Crippen LogP contribution in [0.1, 0.15) is 73.8 Å². The Morgan fingerprint density at radius 2 is 1.93 bits per heavy atom. The van der Waals surface area contributed by atoms with Crippen LogP contribution in [-0.2, 0) is 27.5 Å². The number of sulfone groups is 1. The van der Waals surface area contributed by atoms with Gasteiger partial charge in [0.05, 0.1) is 35.1 Å². The van der Waals surface area contributed by atoms with Crippen molar-refractivity contribution in [2.75, 3.05) is 25.3 Å². The molecule has 11 nitrogen and oxygen atoms in total. The smallest absolute Gasteiger partial charge is 0.384 e. The molecule has 0 spiro atoms. The molecular formula is C30H34F3N7O4S. The number of halogens is 3. The number of pyridine rings is 1. The fourth-order valence-electron chi connectivity index (χ4n) is 5.30. The highest BCUT2D eigenvalue weighted by atomic mass is 32.2. The predicted octanol–water partition coefficient (Wildman–Crippen LogP) is 3.12. The number of nitrogens with one attached hydrogen (secondary N) is 1. The second kappa shape index (κ2) is 12.4. The number of fused-ring (bicyclic) bond motifs is 1. The fraction of sp³-hybridized carbons (Fsp3) is 0.467. The molecule has 45 heavy (non-hydrogen) atoms. The third-order valence-corrected chi connectivity index (χ3v) is 9.02. The van der Waals surface area contributed by atoms with Crippen molar-refractivity contribution in [3.8, 4) is 0 Å². The second-order valence-electron chi connectivity index (χ2n) is 11.4. The van der Waals surface area contributed by atoms with Gasteiger partial charge in [0.2, 0.25) is 0 Å². The normalized spacial score (nSPS) is 17.8. The Hall–Kier alpha value is -3.98. The molecule has 1 fully saturated rings. The van der Waals surface area contributed by atoms with Crippen LogP contribution in [-0.4, -0.2) is 59.1 Å². The molecular weight excluding hydrogens is 611 g/mol. The van der Waals surface area contributed by atoms with Crippen molar-refractivity contribution >= 4 is 21.2 Å². The van der Waals surface area contributed by atoms with Crippen molar-refractivity contribution in [2.45, 2.75) is 75.1 Å². The van der Waals surface area contributed by atoms with Gasteiger partial charge >= 0.3 is 6.18 Å². The van der Waals surface area contributed by atoms with Gasteiger partial charge in [-0.15, -0.1) is 0 Å². The van der Waals surface area contributed by atoms with Crippen LogP contribution in [0.15, 0.2) is 51.5 Å². The van der Waals surface area contributed by atoms with Crippen LogP contribution in [0.2, 0.25) is 0 Å². The number of alkyl halides is 3. The van der Waals surface area contributed by atoms with Gasteiger partial charge < -0.3 is 10.1 Å². The lowest BCUT2D eigenvalue weighted by molar-refractivity contribution is -0.164. The number of aromatic nitrogens is 5. The first-order valence-corrected chi connectivity index (χ1v) is 16.3. The zero-order valence-corrected chi connectivity index (χ0v) is 26.2. The number of nitrogens with zero attached hydrogens (tertiary/aromatic N) is 6. The van der Waals surface area contributed by atoms with Gasteiger partial charge in [0.15, 0.2) is 21.1 Å². The summed E-state index contributed by atoms with van der Waals surface area (Å²) < 4.78 is 72.4. The summed E-state index contributed by atoms with van der Waals surface area (Å²) in [4.78, 5) is 36.3. The van der Waals surface area contributed by atoms with Crippen LogP contribution in [0.3, 0.4) is 0 Å². The Bertz CT molecular complexity index is 1920. The quantitative estimate of drug-likeness (QED) is 0.329. The van der Waals surface area contributed by atoms with E-state index in [0.717, 1.165) is 31.7 Å². The van der Waals surface area contributed by atoms with E-state index < -0.39 is 33.7 Å². The zero-order chi connectivity index (χ0) is 32.7. The molecule has 2 aliphatic rings. The fourth-order valence-corrected chi connectivity index (χ4v) is 5.86. The van der Waals surface area contributed by atoms with Crippen molar-refractivity contribution in [1.29, 1.82) is 0 Å². The van der Waals surface area contributed by atoms with E-state index in [9.17, 15) is 26.4 Å². The summed E-state index contributed by atoms with van der Waals surface area (Å²) >= 11 is 0. The summed E-state index contributed by atoms with van der Waals surface area (Å²) in [6, 6.07) is -0.235. The van der Waals surface area contributed by atoms with E-state index >= 15 is 0 Å². The van der Waals surface area contributed by atoms with E-state index in [-0.39, 0.29) is 40.4 Å². The lowest BCUT2D eigenvalue weighted by Gasteiger charge is -2.22. The van der Waals surface area contributed by atoms with Gasteiger partial charge in [-0.05, 0) is 56.4 Å². The maximum atomic E-state index is 14.3. The molecule has 0 amide bonds. The van der Waals surface area contributed by atoms with Crippen molar-refractivity contribution in [3.05, 3.63) is 80.6 Å². The predicted molar refractivity (Wildman–Crippen MR) is 160 cm³/mol. The highest BCUT2D eigenvalue weighted by Crippen LogP contribution is 2.45. The molecule has 1 saturated carbocycles. The molecule has 1 aliphatic carbocycles. The third-order valence-electron chi connectivity index (χ3n) is 7.92. The van der Waals surface area contributed by atoms with Crippen LogP contribution in [0.25, 0.3) is 5.57 Å². The van der Waals surface area contributed by atoms with Crippen molar-refractivity contribution < 1.29 is 26.3 Å². The summed E-state index contributed by atoms with van der Waals surface area (Å²) in [7, 11) is -1.90. The molecule has 0 bridgehead atoms. The summed E-state index contributed by atoms with van der Waals surface area (Å²) in [6.07, 6.45) is 1.48. The van der Waals surface area contributed by atoms with Crippen molar-refractivity contribution in [2.24, 2.45) is 4.99 Å². The van der Waals surface area contributed by atoms with Gasteiger partial charge in [-0.25, -0.2) is 23.4 Å². The highest BCUT2D eigenvalue weighted by Gasteiger charge is 2.40. The average molecular weight is 646 g/mol. The lowest BCUT2D eigenvalue weighted by atomic mass is 9.91. The monoisotopic (exact) mass is 645 g/mol. The van der Waals surface area contributed by atoms with Gasteiger partial charge in [-0.3, -0.25) is 19.3 Å². The van der Waals surface area contributed by atoms with E-state index in [1.165, 1.54) is 24.7 Å². The van der Waals surface area contributed by atoms with E-state index in [1.807, 2.05) is 0 Å². The number of methoxy groups -OCH3 is 1. The van der Waals surface area contributed by atoms with Crippen LogP contribution >= 0.6 is 0 Å². The summed E-state index contributed by atoms with van der Waals surface area (Å²) in [5.41, 5.74) is 2.49. The second-order valence-corrected chi connectivity index (χ2v) is 13.4. The van der Waals surface area contributed by atoms with Crippen molar-refractivity contribution in [1.82, 2.24) is 24.5 Å². The number of anilines is 1. The first-order chi connectivity index (χ1) is 21.2.